The molecule has 3 aliphatic heterocycles. The Morgan fingerprint density at radius 1 is 0.855 bits per heavy atom. The minimum Gasteiger partial charge on any atom is -0.490 e. The standard InChI is InChI=1S/C57H58F3N9O6S/c1-33(31-67-26-28-68(29-27-67)44-13-6-11-40-50(65-66(2)52(40)44)41-21-23-48(70)63-54(41)72)30-34-16-18-36(19-17-34)75-45-14-7-9-37(49(45)57(58,59)60)38-20-22-47(62-51(38)55(73)74)69-25-24-35-8-5-10-39(42(35)32-69)53(71)64-56-61-43-12-3-4-15-46(43)76-56/h3-15,20,22,33-34,36,41H,16-19,21,23-32H2,1-2H3,(H,73,74)(H,61,64,71)(H,63,70,72). The quantitative estimate of drug-likeness (QED) is 0.0934. The SMILES string of the molecule is CC(CC1CCC(Oc2cccc(-c3ccc(N4CCc5cccc(C(=O)Nc6nc7ccccc7s6)c5C4)nc3C(=O)O)c2C(F)(F)F)CC1)CN1CCN(c2cccc3c(C4CCC(=O)NC4=O)nn(C)c23)CC1. The Hall–Kier alpha value is -7.38. The zero-order valence-electron chi connectivity index (χ0n) is 42.2. The molecule has 19 heteroatoms. The van der Waals surface area contributed by atoms with Gasteiger partial charge < -0.3 is 19.6 Å². The fourth-order valence-electron chi connectivity index (χ4n) is 12.0. The van der Waals surface area contributed by atoms with Crippen molar-refractivity contribution in [3.63, 3.8) is 0 Å². The minimum absolute atomic E-state index is 0.173. The molecule has 3 aromatic heterocycles. The summed E-state index contributed by atoms with van der Waals surface area (Å²) in [7, 11) is 1.90. The van der Waals surface area contributed by atoms with Gasteiger partial charge in [0.05, 0.1) is 39.1 Å². The molecule has 0 radical (unpaired) electrons. The van der Waals surface area contributed by atoms with Gasteiger partial charge in [0.15, 0.2) is 10.8 Å². The Balaban J connectivity index is 0.711. The molecule has 4 aliphatic rings. The van der Waals surface area contributed by atoms with Crippen LogP contribution in [-0.4, -0.2) is 98.8 Å². The molecule has 11 rings (SSSR count). The number of imide groups is 1. The van der Waals surface area contributed by atoms with Crippen LogP contribution in [0.3, 0.4) is 0 Å². The number of ether oxygens (including phenoxy) is 1. The number of hydrogen-bond acceptors (Lipinski definition) is 12. The van der Waals surface area contributed by atoms with Gasteiger partial charge in [-0.25, -0.2) is 14.8 Å². The maximum atomic E-state index is 15.2. The zero-order valence-corrected chi connectivity index (χ0v) is 43.1. The number of fused-ring (bicyclic) bond motifs is 3. The van der Waals surface area contributed by atoms with Crippen molar-refractivity contribution in [3.8, 4) is 16.9 Å². The second-order valence-electron chi connectivity index (χ2n) is 20.7. The van der Waals surface area contributed by atoms with E-state index in [1.807, 2.05) is 65.2 Å². The Kier molecular flexibility index (Phi) is 14.0. The number of anilines is 3. The molecule has 2 atom stereocenters. The third-order valence-corrected chi connectivity index (χ3v) is 16.5. The van der Waals surface area contributed by atoms with Crippen molar-refractivity contribution in [2.45, 2.75) is 83.0 Å². The van der Waals surface area contributed by atoms with Gasteiger partial charge in [0.1, 0.15) is 17.1 Å². The van der Waals surface area contributed by atoms with Crippen molar-refractivity contribution in [1.82, 2.24) is 30.0 Å². The van der Waals surface area contributed by atoms with Crippen molar-refractivity contribution in [1.29, 1.82) is 0 Å². The number of piperidine rings is 1. The Morgan fingerprint density at radius 3 is 2.39 bits per heavy atom. The summed E-state index contributed by atoms with van der Waals surface area (Å²) in [4.78, 5) is 66.9. The molecule has 3 fully saturated rings. The van der Waals surface area contributed by atoms with E-state index in [9.17, 15) is 24.3 Å². The number of benzene rings is 4. The van der Waals surface area contributed by atoms with Crippen molar-refractivity contribution in [2.24, 2.45) is 18.9 Å². The average molecular weight is 1050 g/mol. The van der Waals surface area contributed by atoms with Gasteiger partial charge >= 0.3 is 12.1 Å². The van der Waals surface area contributed by atoms with Gasteiger partial charge in [-0.1, -0.05) is 66.8 Å². The molecule has 0 spiro atoms. The maximum Gasteiger partial charge on any atom is 0.420 e. The summed E-state index contributed by atoms with van der Waals surface area (Å²) in [5.74, 6) is -2.07. The molecule has 15 nitrogen and oxygen atoms in total. The van der Waals surface area contributed by atoms with Crippen LogP contribution in [0.1, 0.15) is 101 Å². The van der Waals surface area contributed by atoms with Crippen LogP contribution in [0.25, 0.3) is 32.2 Å². The van der Waals surface area contributed by atoms with E-state index in [1.54, 1.807) is 12.1 Å². The van der Waals surface area contributed by atoms with Gasteiger partial charge in [0.25, 0.3) is 5.91 Å². The van der Waals surface area contributed by atoms with Gasteiger partial charge in [-0.15, -0.1) is 0 Å². The molecular weight excluding hydrogens is 996 g/mol. The van der Waals surface area contributed by atoms with Crippen LogP contribution in [0.2, 0.25) is 0 Å². The highest BCUT2D eigenvalue weighted by Crippen LogP contribution is 2.46. The highest BCUT2D eigenvalue weighted by molar-refractivity contribution is 7.22. The highest BCUT2D eigenvalue weighted by atomic mass is 32.1. The normalized spacial score (nSPS) is 19.9. The van der Waals surface area contributed by atoms with Crippen LogP contribution >= 0.6 is 11.3 Å². The van der Waals surface area contributed by atoms with Gasteiger partial charge in [-0.3, -0.25) is 34.6 Å². The van der Waals surface area contributed by atoms with E-state index in [1.165, 1.54) is 35.6 Å². The number of thiazole rings is 1. The van der Waals surface area contributed by atoms with E-state index in [0.717, 1.165) is 89.9 Å². The van der Waals surface area contributed by atoms with E-state index >= 15 is 13.2 Å². The zero-order chi connectivity index (χ0) is 52.8. The average Bonchev–Trinajstić information content (AvgIpc) is 3.98. The number of carbonyl (C=O) groups excluding carboxylic acids is 3. The number of alkyl halides is 3. The lowest BCUT2D eigenvalue weighted by atomic mass is 9.82. The molecule has 0 bridgehead atoms. The van der Waals surface area contributed by atoms with Crippen LogP contribution < -0.4 is 25.2 Å². The monoisotopic (exact) mass is 1050 g/mol. The number of carbonyl (C=O) groups is 4. The van der Waals surface area contributed by atoms with Crippen LogP contribution in [0.4, 0.5) is 29.8 Å². The third kappa shape index (κ3) is 10.3. The fourth-order valence-corrected chi connectivity index (χ4v) is 12.8. The first kappa shape index (κ1) is 50.8. The lowest BCUT2D eigenvalue weighted by Gasteiger charge is -2.38. The molecule has 2 unspecified atom stereocenters. The van der Waals surface area contributed by atoms with Crippen LogP contribution in [-0.2, 0) is 35.8 Å². The first-order valence-electron chi connectivity index (χ1n) is 26.1. The molecule has 3 N–H and O–H groups in total. The van der Waals surface area contributed by atoms with Gasteiger partial charge in [0, 0.05) is 81.4 Å². The maximum absolute atomic E-state index is 15.2. The third-order valence-electron chi connectivity index (χ3n) is 15.6. The summed E-state index contributed by atoms with van der Waals surface area (Å²) in [5, 5.41) is 22.0. The first-order valence-corrected chi connectivity index (χ1v) is 26.9. The van der Waals surface area contributed by atoms with Crippen molar-refractivity contribution in [3.05, 3.63) is 125 Å². The molecule has 7 aromatic rings. The predicted octanol–water partition coefficient (Wildman–Crippen LogP) is 10.1. The number of carboxylic acid groups (broad SMARTS) is 1. The number of halogens is 3. The molecule has 3 amide bonds. The predicted molar refractivity (Wildman–Crippen MR) is 285 cm³/mol. The number of piperazine rings is 1. The van der Waals surface area contributed by atoms with E-state index < -0.39 is 35.4 Å². The van der Waals surface area contributed by atoms with E-state index in [4.69, 9.17) is 9.84 Å². The van der Waals surface area contributed by atoms with Gasteiger partial charge in [-0.2, -0.15) is 18.3 Å². The van der Waals surface area contributed by atoms with Crippen molar-refractivity contribution < 1.29 is 42.2 Å². The van der Waals surface area contributed by atoms with Crippen molar-refractivity contribution >= 4 is 72.8 Å². The summed E-state index contributed by atoms with van der Waals surface area (Å²) < 4.78 is 54.7. The summed E-state index contributed by atoms with van der Waals surface area (Å²) in [6.07, 6.45) is -0.190. The molecular formula is C57H58F3N9O6S. The molecule has 394 valence electrons. The van der Waals surface area contributed by atoms with Crippen LogP contribution in [0.15, 0.2) is 91.0 Å². The van der Waals surface area contributed by atoms with Gasteiger partial charge in [0.2, 0.25) is 11.8 Å². The summed E-state index contributed by atoms with van der Waals surface area (Å²) in [6.45, 7) is 7.32. The Morgan fingerprint density at radius 2 is 1.63 bits per heavy atom. The second-order valence-corrected chi connectivity index (χ2v) is 21.7. The largest absolute Gasteiger partial charge is 0.490 e. The van der Waals surface area contributed by atoms with Gasteiger partial charge in [-0.05, 0) is 110 Å². The molecule has 1 saturated carbocycles. The molecule has 6 heterocycles. The Labute approximate surface area is 441 Å². The second kappa shape index (κ2) is 21.0. The smallest absolute Gasteiger partial charge is 0.420 e. The van der Waals surface area contributed by atoms with E-state index in [-0.39, 0.29) is 47.0 Å². The van der Waals surface area contributed by atoms with Crippen LogP contribution in [0, 0.1) is 11.8 Å². The number of rotatable bonds is 13. The number of carboxylic acids is 1. The summed E-state index contributed by atoms with van der Waals surface area (Å²) >= 11 is 1.37. The number of amides is 3. The van der Waals surface area contributed by atoms with Crippen LogP contribution in [0.5, 0.6) is 5.75 Å². The number of aryl methyl sites for hydroxylation is 1. The topological polar surface area (TPSA) is 175 Å². The molecule has 4 aromatic carbocycles. The number of hydrogen-bond donors (Lipinski definition) is 3. The molecule has 76 heavy (non-hydrogen) atoms. The number of aromatic carboxylic acids is 1. The number of nitrogens with one attached hydrogen (secondary N) is 2. The summed E-state index contributed by atoms with van der Waals surface area (Å²) in [6, 6.07) is 26.2. The first-order chi connectivity index (χ1) is 36.6. The highest BCUT2D eigenvalue weighted by Gasteiger charge is 2.40. The minimum atomic E-state index is -4.87. The summed E-state index contributed by atoms with van der Waals surface area (Å²) in [5.41, 5.74) is 3.62. The lowest BCUT2D eigenvalue weighted by molar-refractivity contribution is -0.139. The van der Waals surface area contributed by atoms with E-state index in [2.05, 4.69) is 43.4 Å². The number of aromatic nitrogens is 4. The molecule has 1 aliphatic carbocycles. The number of para-hydroxylation sites is 2. The lowest BCUT2D eigenvalue weighted by Crippen LogP contribution is -2.47. The van der Waals surface area contributed by atoms with E-state index in [0.29, 0.717) is 66.9 Å². The fraction of sp³-hybridized carbons (Fsp3) is 0.386. The Bertz CT molecular complexity index is 3350. The van der Waals surface area contributed by atoms with Crippen molar-refractivity contribution in [2.75, 3.05) is 54.4 Å². The number of nitrogens with zero attached hydrogens (tertiary/aromatic N) is 7. The molecule has 2 saturated heterocycles. The number of pyridine rings is 1.